The fourth-order valence-corrected chi connectivity index (χ4v) is 4.28. The second-order valence-corrected chi connectivity index (χ2v) is 8.37. The van der Waals surface area contributed by atoms with Gasteiger partial charge in [-0.1, -0.05) is 30.3 Å². The maximum Gasteiger partial charge on any atom is 0.204 e. The molecule has 0 aliphatic heterocycles. The average Bonchev–Trinajstić information content (AvgIpc) is 3.23. The summed E-state index contributed by atoms with van der Waals surface area (Å²) in [7, 11) is 4.25. The van der Waals surface area contributed by atoms with Crippen molar-refractivity contribution in [2.24, 2.45) is 0 Å². The molecule has 4 rings (SSSR count). The zero-order valence-electron chi connectivity index (χ0n) is 20.7. The van der Waals surface area contributed by atoms with Gasteiger partial charge in [-0.25, -0.2) is 4.98 Å². The number of hydrogen-bond acceptors (Lipinski definition) is 7. The SMILES string of the molecule is COc1cc(O)c(C(=O)/C=C/c2cccc(OCCCn3c(Cl)nc4ccccc43)c2)c(OC)c1OC. The Hall–Kier alpha value is -4.17. The Morgan fingerprint density at radius 2 is 1.81 bits per heavy atom. The molecule has 1 aromatic heterocycles. The van der Waals surface area contributed by atoms with Crippen molar-refractivity contribution in [2.45, 2.75) is 13.0 Å². The number of carbonyl (C=O) groups excluding carboxylic acids is 1. The molecule has 0 saturated heterocycles. The number of benzene rings is 3. The number of hydrogen-bond donors (Lipinski definition) is 1. The molecule has 0 unspecified atom stereocenters. The van der Waals surface area contributed by atoms with Crippen molar-refractivity contribution in [3.8, 4) is 28.7 Å². The smallest absolute Gasteiger partial charge is 0.204 e. The van der Waals surface area contributed by atoms with Crippen LogP contribution in [0.1, 0.15) is 22.3 Å². The second kappa shape index (κ2) is 11.7. The third-order valence-electron chi connectivity index (χ3n) is 5.74. The summed E-state index contributed by atoms with van der Waals surface area (Å²) in [4.78, 5) is 17.3. The van der Waals surface area contributed by atoms with Crippen molar-refractivity contribution >= 4 is 34.5 Å². The molecule has 3 aromatic carbocycles. The molecule has 0 aliphatic carbocycles. The number of ether oxygens (including phenoxy) is 4. The highest BCUT2D eigenvalue weighted by Crippen LogP contribution is 2.45. The van der Waals surface area contributed by atoms with Crippen LogP contribution in [0.15, 0.2) is 60.7 Å². The summed E-state index contributed by atoms with van der Waals surface area (Å²) in [6, 6.07) is 16.5. The lowest BCUT2D eigenvalue weighted by Gasteiger charge is -2.15. The van der Waals surface area contributed by atoms with Crippen LogP contribution in [0.4, 0.5) is 0 Å². The number of para-hydroxylation sites is 2. The second-order valence-electron chi connectivity index (χ2n) is 8.03. The van der Waals surface area contributed by atoms with Crippen LogP contribution in [0.25, 0.3) is 17.1 Å². The molecule has 4 aromatic rings. The highest BCUT2D eigenvalue weighted by molar-refractivity contribution is 6.29. The molecular weight excluding hydrogens is 496 g/mol. The van der Waals surface area contributed by atoms with Gasteiger partial charge in [0, 0.05) is 12.6 Å². The van der Waals surface area contributed by atoms with E-state index in [9.17, 15) is 9.90 Å². The lowest BCUT2D eigenvalue weighted by molar-refractivity contribution is 0.104. The van der Waals surface area contributed by atoms with Crippen molar-refractivity contribution in [1.82, 2.24) is 9.55 Å². The van der Waals surface area contributed by atoms with Crippen molar-refractivity contribution in [1.29, 1.82) is 0 Å². The van der Waals surface area contributed by atoms with Crippen molar-refractivity contribution in [3.05, 3.63) is 77.1 Å². The molecule has 8 nitrogen and oxygen atoms in total. The van der Waals surface area contributed by atoms with Gasteiger partial charge in [-0.05, 0) is 53.9 Å². The van der Waals surface area contributed by atoms with E-state index >= 15 is 0 Å². The molecule has 0 radical (unpaired) electrons. The van der Waals surface area contributed by atoms with Crippen LogP contribution < -0.4 is 18.9 Å². The molecule has 1 heterocycles. The van der Waals surface area contributed by atoms with Crippen LogP contribution in [-0.2, 0) is 6.54 Å². The Morgan fingerprint density at radius 3 is 2.57 bits per heavy atom. The molecule has 192 valence electrons. The standard InChI is InChI=1S/C28H27ClN2O6/c1-34-24-17-23(33)25(27(36-3)26(24)35-2)22(32)13-12-18-8-6-9-19(16-18)37-15-7-14-31-21-11-5-4-10-20(21)30-28(31)29/h4-6,8-13,16-17,33H,7,14-15H2,1-3H3/b13-12+. The number of methoxy groups -OCH3 is 3. The molecule has 0 bridgehead atoms. The number of fused-ring (bicyclic) bond motifs is 1. The number of carbonyl (C=O) groups is 1. The molecular formula is C28H27ClN2O6. The largest absolute Gasteiger partial charge is 0.507 e. The summed E-state index contributed by atoms with van der Waals surface area (Å²) in [6.07, 6.45) is 3.73. The molecule has 0 fully saturated rings. The number of aryl methyl sites for hydroxylation is 1. The van der Waals surface area contributed by atoms with E-state index in [-0.39, 0.29) is 28.6 Å². The lowest BCUT2D eigenvalue weighted by atomic mass is 10.0. The van der Waals surface area contributed by atoms with Gasteiger partial charge in [-0.15, -0.1) is 0 Å². The molecule has 0 saturated carbocycles. The summed E-state index contributed by atoms with van der Waals surface area (Å²) in [5.74, 6) is 0.517. The van der Waals surface area contributed by atoms with Gasteiger partial charge >= 0.3 is 0 Å². The topological polar surface area (TPSA) is 92.0 Å². The molecule has 0 spiro atoms. The van der Waals surface area contributed by atoms with Crippen molar-refractivity contribution in [3.63, 3.8) is 0 Å². The summed E-state index contributed by atoms with van der Waals surface area (Å²) in [5, 5.41) is 10.9. The van der Waals surface area contributed by atoms with Crippen molar-refractivity contribution < 1.29 is 28.8 Å². The number of aromatic nitrogens is 2. The number of phenols is 1. The number of nitrogens with zero attached hydrogens (tertiary/aromatic N) is 2. The van der Waals surface area contributed by atoms with E-state index in [1.54, 1.807) is 6.08 Å². The van der Waals surface area contributed by atoms with Gasteiger partial charge in [0.2, 0.25) is 11.0 Å². The maximum atomic E-state index is 12.9. The zero-order chi connectivity index (χ0) is 26.4. The van der Waals surface area contributed by atoms with Gasteiger partial charge in [0.05, 0.1) is 39.0 Å². The van der Waals surface area contributed by atoms with Crippen molar-refractivity contribution in [2.75, 3.05) is 27.9 Å². The first-order valence-corrected chi connectivity index (χ1v) is 11.9. The number of aromatic hydroxyl groups is 1. The first-order chi connectivity index (χ1) is 18.0. The highest BCUT2D eigenvalue weighted by Gasteiger charge is 2.24. The van der Waals surface area contributed by atoms with Gasteiger partial charge in [0.25, 0.3) is 0 Å². The maximum absolute atomic E-state index is 12.9. The van der Waals surface area contributed by atoms with Gasteiger partial charge in [0.15, 0.2) is 17.3 Å². The molecule has 1 N–H and O–H groups in total. The van der Waals surface area contributed by atoms with E-state index in [1.807, 2.05) is 53.1 Å². The fourth-order valence-electron chi connectivity index (χ4n) is 4.02. The normalized spacial score (nSPS) is 11.1. The Labute approximate surface area is 219 Å². The predicted octanol–water partition coefficient (Wildman–Crippen LogP) is 5.79. The number of rotatable bonds is 11. The summed E-state index contributed by atoms with van der Waals surface area (Å²) >= 11 is 6.29. The Kier molecular flexibility index (Phi) is 8.20. The van der Waals surface area contributed by atoms with E-state index in [4.69, 9.17) is 30.5 Å². The van der Waals surface area contributed by atoms with Crippen LogP contribution >= 0.6 is 11.6 Å². The Bertz CT molecular complexity index is 1450. The third kappa shape index (κ3) is 5.65. The van der Waals surface area contributed by atoms with Gasteiger partial charge in [0.1, 0.15) is 17.1 Å². The lowest BCUT2D eigenvalue weighted by Crippen LogP contribution is -2.05. The Morgan fingerprint density at radius 1 is 1.03 bits per heavy atom. The Balaban J connectivity index is 1.41. The number of halogens is 1. The quantitative estimate of drug-likeness (QED) is 0.151. The number of imidazole rings is 1. The molecule has 0 aliphatic rings. The zero-order valence-corrected chi connectivity index (χ0v) is 21.5. The van der Waals surface area contributed by atoms with Gasteiger partial charge in [-0.3, -0.25) is 4.79 Å². The number of ketones is 1. The monoisotopic (exact) mass is 522 g/mol. The minimum Gasteiger partial charge on any atom is -0.507 e. The summed E-state index contributed by atoms with van der Waals surface area (Å²) < 4.78 is 23.7. The molecule has 37 heavy (non-hydrogen) atoms. The van der Waals surface area contributed by atoms with Crippen LogP contribution in [0, 0.1) is 0 Å². The van der Waals surface area contributed by atoms with E-state index in [0.717, 1.165) is 23.0 Å². The predicted molar refractivity (Wildman–Crippen MR) is 142 cm³/mol. The van der Waals surface area contributed by atoms with Crippen LogP contribution in [-0.4, -0.2) is 48.4 Å². The number of allylic oxidation sites excluding steroid dienone is 1. The average molecular weight is 523 g/mol. The minimum absolute atomic E-state index is 0.0190. The first-order valence-electron chi connectivity index (χ1n) is 11.5. The molecule has 0 amide bonds. The van der Waals surface area contributed by atoms with E-state index in [0.29, 0.717) is 24.2 Å². The minimum atomic E-state index is -0.453. The molecule has 9 heteroatoms. The first kappa shape index (κ1) is 25.9. The van der Waals surface area contributed by atoms with Crippen LogP contribution in [0.3, 0.4) is 0 Å². The third-order valence-corrected chi connectivity index (χ3v) is 6.03. The van der Waals surface area contributed by atoms with E-state index in [2.05, 4.69) is 4.98 Å². The number of phenolic OH excluding ortho intramolecular Hbond substituents is 1. The van der Waals surface area contributed by atoms with Gasteiger partial charge in [-0.2, -0.15) is 0 Å². The van der Waals surface area contributed by atoms with Crippen LogP contribution in [0.5, 0.6) is 28.7 Å². The summed E-state index contributed by atoms with van der Waals surface area (Å²) in [6.45, 7) is 1.15. The van der Waals surface area contributed by atoms with E-state index in [1.165, 1.54) is 33.5 Å². The van der Waals surface area contributed by atoms with E-state index < -0.39 is 5.78 Å². The highest BCUT2D eigenvalue weighted by atomic mass is 35.5. The van der Waals surface area contributed by atoms with Crippen LogP contribution in [0.2, 0.25) is 5.28 Å². The molecule has 0 atom stereocenters. The summed E-state index contributed by atoms with van der Waals surface area (Å²) in [5.41, 5.74) is 2.59. The van der Waals surface area contributed by atoms with Gasteiger partial charge < -0.3 is 28.6 Å². The fraction of sp³-hybridized carbons (Fsp3) is 0.214.